The van der Waals surface area contributed by atoms with E-state index in [1.807, 2.05) is 0 Å². The van der Waals surface area contributed by atoms with Crippen LogP contribution in [-0.2, 0) is 4.74 Å². The molecule has 0 spiro atoms. The lowest BCUT2D eigenvalue weighted by molar-refractivity contribution is 0.0519. The Hall–Kier alpha value is -1.65. The first-order valence-corrected chi connectivity index (χ1v) is 3.94. The van der Waals surface area contributed by atoms with Crippen LogP contribution in [0.2, 0.25) is 0 Å². The number of carbonyl (C=O) groups is 1. The molecule has 0 aliphatic carbocycles. The van der Waals surface area contributed by atoms with Gasteiger partial charge < -0.3 is 10.1 Å². The molecule has 0 saturated carbocycles. The number of hydrogen-bond donors (Lipinski definition) is 1. The highest BCUT2D eigenvalue weighted by atomic mass is 16.5. The zero-order valence-corrected chi connectivity index (χ0v) is 7.57. The van der Waals surface area contributed by atoms with Crippen LogP contribution in [0.25, 0.3) is 0 Å². The van der Waals surface area contributed by atoms with E-state index in [-0.39, 0.29) is 5.69 Å². The minimum atomic E-state index is -0.447. The molecule has 0 aliphatic heterocycles. The SMILES string of the molecule is CCOC(=O)c1cnc(NC)cn1. The number of ether oxygens (including phenoxy) is 1. The molecule has 1 aromatic heterocycles. The molecule has 0 amide bonds. The topological polar surface area (TPSA) is 64.1 Å². The zero-order chi connectivity index (χ0) is 9.68. The predicted octanol–water partition coefficient (Wildman–Crippen LogP) is 0.695. The Bertz CT molecular complexity index is 284. The maximum atomic E-state index is 11.1. The highest BCUT2D eigenvalue weighted by molar-refractivity contribution is 5.86. The van der Waals surface area contributed by atoms with Gasteiger partial charge in [-0.2, -0.15) is 0 Å². The lowest BCUT2D eigenvalue weighted by Crippen LogP contribution is -2.08. The van der Waals surface area contributed by atoms with E-state index in [0.29, 0.717) is 12.4 Å². The van der Waals surface area contributed by atoms with Crippen molar-refractivity contribution in [1.29, 1.82) is 0 Å². The molecule has 1 rings (SSSR count). The average Bonchev–Trinajstić information content (AvgIpc) is 2.18. The Kier molecular flexibility index (Phi) is 3.19. The van der Waals surface area contributed by atoms with Crippen LogP contribution in [0.3, 0.4) is 0 Å². The quantitative estimate of drug-likeness (QED) is 0.695. The number of hydrogen-bond acceptors (Lipinski definition) is 5. The first-order valence-electron chi connectivity index (χ1n) is 3.94. The van der Waals surface area contributed by atoms with Crippen LogP contribution in [0.5, 0.6) is 0 Å². The fourth-order valence-corrected chi connectivity index (χ4v) is 0.768. The van der Waals surface area contributed by atoms with E-state index < -0.39 is 5.97 Å². The van der Waals surface area contributed by atoms with Crippen molar-refractivity contribution in [2.24, 2.45) is 0 Å². The van der Waals surface area contributed by atoms with Crippen LogP contribution < -0.4 is 5.32 Å². The van der Waals surface area contributed by atoms with Crippen molar-refractivity contribution in [2.45, 2.75) is 6.92 Å². The van der Waals surface area contributed by atoms with Gasteiger partial charge in [0, 0.05) is 7.05 Å². The summed E-state index contributed by atoms with van der Waals surface area (Å²) in [5, 5.41) is 2.80. The molecule has 0 atom stereocenters. The van der Waals surface area contributed by atoms with E-state index in [1.165, 1.54) is 12.4 Å². The molecule has 0 bridgehead atoms. The van der Waals surface area contributed by atoms with Crippen molar-refractivity contribution < 1.29 is 9.53 Å². The third-order valence-electron chi connectivity index (χ3n) is 1.39. The van der Waals surface area contributed by atoms with Crippen LogP contribution in [0.1, 0.15) is 17.4 Å². The van der Waals surface area contributed by atoms with E-state index in [9.17, 15) is 4.79 Å². The summed E-state index contributed by atoms with van der Waals surface area (Å²) in [6.07, 6.45) is 2.86. The Balaban J connectivity index is 2.74. The summed E-state index contributed by atoms with van der Waals surface area (Å²) in [4.78, 5) is 18.9. The lowest BCUT2D eigenvalue weighted by Gasteiger charge is -2.01. The van der Waals surface area contributed by atoms with Gasteiger partial charge in [0.15, 0.2) is 5.69 Å². The number of carbonyl (C=O) groups excluding carboxylic acids is 1. The molecule has 5 nitrogen and oxygen atoms in total. The molecule has 5 heteroatoms. The molecule has 1 N–H and O–H groups in total. The van der Waals surface area contributed by atoms with E-state index in [1.54, 1.807) is 14.0 Å². The normalized spacial score (nSPS) is 9.38. The fraction of sp³-hybridized carbons (Fsp3) is 0.375. The molecule has 1 aromatic rings. The first kappa shape index (κ1) is 9.44. The zero-order valence-electron chi connectivity index (χ0n) is 7.57. The van der Waals surface area contributed by atoms with Gasteiger partial charge in [-0.3, -0.25) is 0 Å². The number of rotatable bonds is 3. The summed E-state index contributed by atoms with van der Waals surface area (Å²) in [6, 6.07) is 0. The Morgan fingerprint density at radius 3 is 2.77 bits per heavy atom. The molecule has 0 aromatic carbocycles. The number of aromatic nitrogens is 2. The van der Waals surface area contributed by atoms with Gasteiger partial charge in [-0.1, -0.05) is 0 Å². The van der Waals surface area contributed by atoms with Crippen molar-refractivity contribution in [3.05, 3.63) is 18.1 Å². The molecule has 0 aliphatic rings. The summed E-state index contributed by atoms with van der Waals surface area (Å²) in [6.45, 7) is 2.08. The summed E-state index contributed by atoms with van der Waals surface area (Å²) in [5.41, 5.74) is 0.223. The number of esters is 1. The maximum absolute atomic E-state index is 11.1. The van der Waals surface area contributed by atoms with E-state index in [2.05, 4.69) is 15.3 Å². The molecular weight excluding hydrogens is 170 g/mol. The maximum Gasteiger partial charge on any atom is 0.358 e. The summed E-state index contributed by atoms with van der Waals surface area (Å²) in [7, 11) is 1.73. The van der Waals surface area contributed by atoms with Gasteiger partial charge in [-0.15, -0.1) is 0 Å². The van der Waals surface area contributed by atoms with Crippen molar-refractivity contribution in [2.75, 3.05) is 19.0 Å². The molecule has 0 radical (unpaired) electrons. The van der Waals surface area contributed by atoms with Crippen molar-refractivity contribution in [1.82, 2.24) is 9.97 Å². The van der Waals surface area contributed by atoms with Crippen molar-refractivity contribution in [3.63, 3.8) is 0 Å². The minimum Gasteiger partial charge on any atom is -0.461 e. The molecular formula is C8H11N3O2. The highest BCUT2D eigenvalue weighted by Crippen LogP contribution is 2.00. The molecule has 1 heterocycles. The molecule has 0 unspecified atom stereocenters. The second kappa shape index (κ2) is 4.39. The highest BCUT2D eigenvalue weighted by Gasteiger charge is 2.07. The van der Waals surface area contributed by atoms with Gasteiger partial charge in [0.1, 0.15) is 5.82 Å². The van der Waals surface area contributed by atoms with Gasteiger partial charge in [0.2, 0.25) is 0 Å². The van der Waals surface area contributed by atoms with Gasteiger partial charge in [0.25, 0.3) is 0 Å². The van der Waals surface area contributed by atoms with Gasteiger partial charge in [-0.25, -0.2) is 14.8 Å². The summed E-state index contributed by atoms with van der Waals surface area (Å²) >= 11 is 0. The number of nitrogens with zero attached hydrogens (tertiary/aromatic N) is 2. The standard InChI is InChI=1S/C8H11N3O2/c1-3-13-8(12)6-4-11-7(9-2)5-10-6/h4-5H,3H2,1-2H3,(H,9,11). The summed E-state index contributed by atoms with van der Waals surface area (Å²) in [5.74, 6) is 0.172. The second-order valence-electron chi connectivity index (χ2n) is 2.26. The van der Waals surface area contributed by atoms with Crippen molar-refractivity contribution >= 4 is 11.8 Å². The van der Waals surface area contributed by atoms with Crippen molar-refractivity contribution in [3.8, 4) is 0 Å². The van der Waals surface area contributed by atoms with Gasteiger partial charge in [-0.05, 0) is 6.92 Å². The van der Waals surface area contributed by atoms with Gasteiger partial charge >= 0.3 is 5.97 Å². The fourth-order valence-electron chi connectivity index (χ4n) is 0.768. The number of anilines is 1. The van der Waals surface area contributed by atoms with Gasteiger partial charge in [0.05, 0.1) is 19.0 Å². The van der Waals surface area contributed by atoms with E-state index in [4.69, 9.17) is 4.74 Å². The second-order valence-corrected chi connectivity index (χ2v) is 2.26. The Labute approximate surface area is 76.2 Å². The van der Waals surface area contributed by atoms with Crippen LogP contribution in [0.4, 0.5) is 5.82 Å². The summed E-state index contributed by atoms with van der Waals surface area (Å²) < 4.78 is 4.74. The van der Waals surface area contributed by atoms with Crippen LogP contribution in [-0.4, -0.2) is 29.6 Å². The Morgan fingerprint density at radius 1 is 1.54 bits per heavy atom. The third kappa shape index (κ3) is 2.40. The van der Waals surface area contributed by atoms with E-state index >= 15 is 0 Å². The first-order chi connectivity index (χ1) is 6.27. The van der Waals surface area contributed by atoms with E-state index in [0.717, 1.165) is 0 Å². The monoisotopic (exact) mass is 181 g/mol. The lowest BCUT2D eigenvalue weighted by atomic mass is 10.4. The Morgan fingerprint density at radius 2 is 2.31 bits per heavy atom. The average molecular weight is 181 g/mol. The van der Waals surface area contributed by atoms with Crippen LogP contribution >= 0.6 is 0 Å². The molecule has 70 valence electrons. The minimum absolute atomic E-state index is 0.223. The predicted molar refractivity (Wildman–Crippen MR) is 47.5 cm³/mol. The number of nitrogens with one attached hydrogen (secondary N) is 1. The van der Waals surface area contributed by atoms with Crippen LogP contribution in [0.15, 0.2) is 12.4 Å². The molecule has 0 fully saturated rings. The molecule has 13 heavy (non-hydrogen) atoms. The third-order valence-corrected chi connectivity index (χ3v) is 1.39. The molecule has 0 saturated heterocycles. The smallest absolute Gasteiger partial charge is 0.358 e. The largest absolute Gasteiger partial charge is 0.461 e. The van der Waals surface area contributed by atoms with Crippen LogP contribution in [0, 0.1) is 0 Å².